The van der Waals surface area contributed by atoms with Gasteiger partial charge in [-0.25, -0.2) is 0 Å². The molecule has 0 radical (unpaired) electrons. The van der Waals surface area contributed by atoms with Crippen LogP contribution in [0.15, 0.2) is 11.0 Å². The van der Waals surface area contributed by atoms with Crippen molar-refractivity contribution < 1.29 is 0 Å². The summed E-state index contributed by atoms with van der Waals surface area (Å²) in [4.78, 5) is 5.02. The van der Waals surface area contributed by atoms with Crippen LogP contribution >= 0.6 is 0 Å². The molecule has 0 amide bonds. The summed E-state index contributed by atoms with van der Waals surface area (Å²) in [6.45, 7) is 18.1. The summed E-state index contributed by atoms with van der Waals surface area (Å²) in [7, 11) is 1.17. The molecule has 3 heteroatoms. The lowest BCUT2D eigenvalue weighted by Gasteiger charge is -2.36. The first kappa shape index (κ1) is 15.6. The summed E-state index contributed by atoms with van der Waals surface area (Å²) in [5.41, 5.74) is 0. The number of hydrogen-bond donors (Lipinski definition) is 0. The van der Waals surface area contributed by atoms with Crippen LogP contribution in [-0.4, -0.2) is 46.2 Å². The molecule has 16 heavy (non-hydrogen) atoms. The third kappa shape index (κ3) is 3.85. The van der Waals surface area contributed by atoms with Crippen molar-refractivity contribution in [2.24, 2.45) is 5.92 Å². The molecule has 0 saturated heterocycles. The van der Waals surface area contributed by atoms with Crippen LogP contribution in [0.25, 0.3) is 0 Å². The Labute approximate surface area is 105 Å². The van der Waals surface area contributed by atoms with Crippen molar-refractivity contribution in [3.05, 3.63) is 11.0 Å². The Morgan fingerprint density at radius 3 is 1.38 bits per heavy atom. The predicted molar refractivity (Wildman–Crippen MR) is 77.6 cm³/mol. The fourth-order valence-electron chi connectivity index (χ4n) is 2.00. The Morgan fingerprint density at radius 1 is 0.875 bits per heavy atom. The van der Waals surface area contributed by atoms with Crippen molar-refractivity contribution in [3.63, 3.8) is 0 Å². The molecule has 0 aromatic heterocycles. The summed E-state index contributed by atoms with van der Waals surface area (Å²) < 4.78 is 0. The molecular weight excluding hydrogens is 212 g/mol. The predicted octanol–water partition coefficient (Wildman–Crippen LogP) is 1.86. The summed E-state index contributed by atoms with van der Waals surface area (Å²) in [6.07, 6.45) is 0. The van der Waals surface area contributed by atoms with Gasteiger partial charge in [0.25, 0.3) is 0 Å². The molecule has 0 unspecified atom stereocenters. The molecule has 0 aliphatic rings. The van der Waals surface area contributed by atoms with Crippen molar-refractivity contribution in [1.29, 1.82) is 0 Å². The maximum absolute atomic E-state index is 2.51. The smallest absolute Gasteiger partial charge is 0.0982 e. The number of allylic oxidation sites excluding steroid dienone is 1. The second kappa shape index (κ2) is 7.77. The van der Waals surface area contributed by atoms with Gasteiger partial charge in [0.2, 0.25) is 0 Å². The zero-order chi connectivity index (χ0) is 12.7. The standard InChI is InChI=1S/C13H30N2Si/c1-7-14(8-2)13(12(16)11(5)6)15(9-3)10-4/h11H,7-10H2,1-6,16H3. The van der Waals surface area contributed by atoms with Gasteiger partial charge in [-0.05, 0) is 38.8 Å². The van der Waals surface area contributed by atoms with Crippen LogP contribution in [0.2, 0.25) is 0 Å². The van der Waals surface area contributed by atoms with Crippen molar-refractivity contribution >= 4 is 10.2 Å². The van der Waals surface area contributed by atoms with Crippen LogP contribution in [0.3, 0.4) is 0 Å². The summed E-state index contributed by atoms with van der Waals surface area (Å²) in [5.74, 6) is 2.19. The van der Waals surface area contributed by atoms with E-state index in [1.165, 1.54) is 16.1 Å². The minimum absolute atomic E-state index is 0.683. The fourth-order valence-corrected chi connectivity index (χ4v) is 2.64. The number of hydrogen-bond acceptors (Lipinski definition) is 2. The normalized spacial score (nSPS) is 10.7. The lowest BCUT2D eigenvalue weighted by atomic mass is 10.2. The Kier molecular flexibility index (Phi) is 7.55. The molecular formula is C13H30N2Si. The van der Waals surface area contributed by atoms with Gasteiger partial charge in [-0.1, -0.05) is 13.8 Å². The minimum Gasteiger partial charge on any atom is -0.359 e. The van der Waals surface area contributed by atoms with Gasteiger partial charge >= 0.3 is 0 Å². The van der Waals surface area contributed by atoms with Gasteiger partial charge in [-0.2, -0.15) is 0 Å². The molecule has 0 aliphatic heterocycles. The van der Waals surface area contributed by atoms with Crippen molar-refractivity contribution in [2.75, 3.05) is 26.2 Å². The zero-order valence-electron chi connectivity index (χ0n) is 12.3. The van der Waals surface area contributed by atoms with E-state index >= 15 is 0 Å². The largest absolute Gasteiger partial charge is 0.359 e. The van der Waals surface area contributed by atoms with E-state index in [0.29, 0.717) is 5.92 Å². The monoisotopic (exact) mass is 242 g/mol. The van der Waals surface area contributed by atoms with E-state index in [-0.39, 0.29) is 0 Å². The highest BCUT2D eigenvalue weighted by Crippen LogP contribution is 2.19. The van der Waals surface area contributed by atoms with Gasteiger partial charge in [-0.15, -0.1) is 0 Å². The second-order valence-corrected chi connectivity index (χ2v) is 5.58. The van der Waals surface area contributed by atoms with Crippen LogP contribution in [-0.2, 0) is 0 Å². The van der Waals surface area contributed by atoms with E-state index in [9.17, 15) is 0 Å². The van der Waals surface area contributed by atoms with E-state index < -0.39 is 0 Å². The lowest BCUT2D eigenvalue weighted by molar-refractivity contribution is 0.230. The first-order chi connectivity index (χ1) is 7.53. The molecule has 0 aromatic carbocycles. The third-order valence-electron chi connectivity index (χ3n) is 3.34. The quantitative estimate of drug-likeness (QED) is 0.629. The van der Waals surface area contributed by atoms with Gasteiger partial charge in [0, 0.05) is 36.4 Å². The maximum Gasteiger partial charge on any atom is 0.0982 e. The SMILES string of the molecule is CCN(CC)C(=C([SiH3])C(C)C)N(CC)CC. The Morgan fingerprint density at radius 2 is 1.19 bits per heavy atom. The highest BCUT2D eigenvalue weighted by molar-refractivity contribution is 6.22. The highest BCUT2D eigenvalue weighted by Gasteiger charge is 2.16. The molecule has 0 aromatic rings. The molecule has 0 saturated carbocycles. The summed E-state index contributed by atoms with van der Waals surface area (Å²) >= 11 is 0. The molecule has 0 N–H and O–H groups in total. The van der Waals surface area contributed by atoms with E-state index in [1.807, 2.05) is 0 Å². The summed E-state index contributed by atoms with van der Waals surface area (Å²) in [6, 6.07) is 0. The molecule has 0 spiro atoms. The first-order valence-corrected chi connectivity index (χ1v) is 7.73. The Bertz CT molecular complexity index is 202. The fraction of sp³-hybridized carbons (Fsp3) is 0.846. The molecule has 0 fully saturated rings. The second-order valence-electron chi connectivity index (χ2n) is 4.51. The van der Waals surface area contributed by atoms with E-state index in [0.717, 1.165) is 26.2 Å². The highest BCUT2D eigenvalue weighted by atomic mass is 28.1. The number of rotatable bonds is 7. The van der Waals surface area contributed by atoms with E-state index in [2.05, 4.69) is 51.3 Å². The molecule has 0 rings (SSSR count). The van der Waals surface area contributed by atoms with E-state index in [1.54, 1.807) is 5.20 Å². The van der Waals surface area contributed by atoms with Crippen LogP contribution in [0, 0.1) is 5.92 Å². The average Bonchev–Trinajstić information content (AvgIpc) is 2.28. The maximum atomic E-state index is 2.51. The van der Waals surface area contributed by atoms with Crippen molar-refractivity contribution in [3.8, 4) is 0 Å². The zero-order valence-corrected chi connectivity index (χ0v) is 14.3. The molecule has 96 valence electrons. The Hall–Kier alpha value is -0.443. The minimum atomic E-state index is 0.683. The van der Waals surface area contributed by atoms with Gasteiger partial charge in [-0.3, -0.25) is 0 Å². The summed E-state index contributed by atoms with van der Waals surface area (Å²) in [5, 5.41) is 1.65. The van der Waals surface area contributed by atoms with Crippen LogP contribution in [0.1, 0.15) is 41.5 Å². The molecule has 2 nitrogen and oxygen atoms in total. The molecule has 0 aliphatic carbocycles. The Balaban J connectivity index is 5.25. The van der Waals surface area contributed by atoms with Gasteiger partial charge < -0.3 is 9.80 Å². The number of nitrogens with zero attached hydrogens (tertiary/aromatic N) is 2. The van der Waals surface area contributed by atoms with Crippen LogP contribution < -0.4 is 0 Å². The topological polar surface area (TPSA) is 6.48 Å². The van der Waals surface area contributed by atoms with Crippen molar-refractivity contribution in [2.45, 2.75) is 41.5 Å². The third-order valence-corrected chi connectivity index (χ3v) is 4.95. The van der Waals surface area contributed by atoms with E-state index in [4.69, 9.17) is 0 Å². The van der Waals surface area contributed by atoms with Gasteiger partial charge in [0.15, 0.2) is 0 Å². The molecule has 0 atom stereocenters. The van der Waals surface area contributed by atoms with Crippen LogP contribution in [0.5, 0.6) is 0 Å². The van der Waals surface area contributed by atoms with Crippen LogP contribution in [0.4, 0.5) is 0 Å². The lowest BCUT2D eigenvalue weighted by Crippen LogP contribution is -2.37. The average molecular weight is 242 g/mol. The van der Waals surface area contributed by atoms with Gasteiger partial charge in [0.05, 0.1) is 5.82 Å². The van der Waals surface area contributed by atoms with Crippen molar-refractivity contribution in [1.82, 2.24) is 9.80 Å². The van der Waals surface area contributed by atoms with Gasteiger partial charge in [0.1, 0.15) is 0 Å². The molecule has 0 heterocycles. The molecule has 0 bridgehead atoms. The first-order valence-electron chi connectivity index (χ1n) is 6.73.